The van der Waals surface area contributed by atoms with Gasteiger partial charge < -0.3 is 0 Å². The molecule has 5 nitrogen and oxygen atoms in total. The van der Waals surface area contributed by atoms with Gasteiger partial charge in [-0.25, -0.2) is 0 Å². The van der Waals surface area contributed by atoms with Crippen molar-refractivity contribution in [1.29, 1.82) is 0 Å². The molecule has 3 rings (SSSR count). The second-order valence-corrected chi connectivity index (χ2v) is 4.18. The first kappa shape index (κ1) is 9.47. The zero-order valence-electron chi connectivity index (χ0n) is 8.40. The first-order chi connectivity index (χ1) is 7.68. The number of hydrogen-bond donors (Lipinski definition) is 2. The Bertz CT molecular complexity index is 464. The second kappa shape index (κ2) is 3.12. The van der Waals surface area contributed by atoms with Gasteiger partial charge in [-0.1, -0.05) is 18.2 Å². The minimum absolute atomic E-state index is 0.129. The fourth-order valence-electron chi connectivity index (χ4n) is 2.46. The number of carbonyl (C=O) groups excluding carboxylic acids is 3. The Morgan fingerprint density at radius 3 is 2.81 bits per heavy atom. The Morgan fingerprint density at radius 1 is 1.19 bits per heavy atom. The molecule has 2 heterocycles. The minimum Gasteiger partial charge on any atom is -0.297 e. The number of piperidine rings is 1. The normalized spacial score (nSPS) is 36.6. The van der Waals surface area contributed by atoms with Crippen LogP contribution in [0.5, 0.6) is 0 Å². The molecule has 1 aliphatic carbocycles. The summed E-state index contributed by atoms with van der Waals surface area (Å²) in [5.41, 5.74) is 0.605. The number of amides is 2. The quantitative estimate of drug-likeness (QED) is 0.406. The zero-order chi connectivity index (χ0) is 11.3. The molecule has 3 unspecified atom stereocenters. The van der Waals surface area contributed by atoms with Crippen LogP contribution in [0.15, 0.2) is 23.8 Å². The number of ketones is 1. The Balaban J connectivity index is 2.02. The van der Waals surface area contributed by atoms with Gasteiger partial charge in [-0.15, -0.1) is 0 Å². The van der Waals surface area contributed by atoms with E-state index < -0.39 is 23.8 Å². The largest absolute Gasteiger partial charge is 0.297 e. The lowest BCUT2D eigenvalue weighted by Gasteiger charge is -2.32. The molecule has 3 aliphatic rings. The molecule has 5 heteroatoms. The number of Topliss-reactive ketones (excluding diaryl/α,β-unsaturated/α-hetero) is 1. The summed E-state index contributed by atoms with van der Waals surface area (Å²) in [5, 5.41) is 5.24. The van der Waals surface area contributed by atoms with Crippen molar-refractivity contribution in [2.24, 2.45) is 5.92 Å². The van der Waals surface area contributed by atoms with Gasteiger partial charge in [-0.05, 0) is 6.42 Å². The highest BCUT2D eigenvalue weighted by Crippen LogP contribution is 2.28. The van der Waals surface area contributed by atoms with Crippen LogP contribution in [0.4, 0.5) is 0 Å². The third kappa shape index (κ3) is 1.12. The van der Waals surface area contributed by atoms with Crippen molar-refractivity contribution in [1.82, 2.24) is 10.6 Å². The Hall–Kier alpha value is -1.75. The fraction of sp³-hybridized carbons (Fsp3) is 0.364. The molecule has 0 aromatic rings. The molecule has 2 N–H and O–H groups in total. The molecule has 2 aliphatic heterocycles. The highest BCUT2D eigenvalue weighted by molar-refractivity contribution is 6.22. The molecular weight excluding hydrogens is 208 g/mol. The molecule has 0 spiro atoms. The molecule has 3 atom stereocenters. The zero-order valence-corrected chi connectivity index (χ0v) is 8.40. The summed E-state index contributed by atoms with van der Waals surface area (Å²) in [6.07, 6.45) is 6.14. The summed E-state index contributed by atoms with van der Waals surface area (Å²) in [4.78, 5) is 35.0. The summed E-state index contributed by atoms with van der Waals surface area (Å²) in [6, 6.07) is -0.816. The van der Waals surface area contributed by atoms with E-state index in [0.29, 0.717) is 12.0 Å². The van der Waals surface area contributed by atoms with Gasteiger partial charge in [0.1, 0.15) is 12.0 Å². The highest BCUT2D eigenvalue weighted by atomic mass is 16.2. The van der Waals surface area contributed by atoms with E-state index in [2.05, 4.69) is 10.6 Å². The van der Waals surface area contributed by atoms with E-state index in [0.717, 1.165) is 0 Å². The smallest absolute Gasteiger partial charge is 0.245 e. The maximum atomic E-state index is 12.0. The third-order valence-corrected chi connectivity index (χ3v) is 3.25. The van der Waals surface area contributed by atoms with Gasteiger partial charge in [-0.2, -0.15) is 0 Å². The van der Waals surface area contributed by atoms with Crippen molar-refractivity contribution >= 4 is 17.6 Å². The maximum Gasteiger partial charge on any atom is 0.245 e. The first-order valence-electron chi connectivity index (χ1n) is 5.20. The van der Waals surface area contributed by atoms with Gasteiger partial charge in [0, 0.05) is 11.6 Å². The maximum absolute atomic E-state index is 12.0. The van der Waals surface area contributed by atoms with E-state index in [4.69, 9.17) is 0 Å². The van der Waals surface area contributed by atoms with E-state index >= 15 is 0 Å². The van der Waals surface area contributed by atoms with Crippen LogP contribution in [0.2, 0.25) is 0 Å². The highest BCUT2D eigenvalue weighted by Gasteiger charge is 2.51. The van der Waals surface area contributed by atoms with E-state index in [1.165, 1.54) is 0 Å². The average molecular weight is 218 g/mol. The predicted octanol–water partition coefficient (Wildman–Crippen LogP) is -0.945. The predicted molar refractivity (Wildman–Crippen MR) is 54.2 cm³/mol. The number of carbonyl (C=O) groups is 3. The van der Waals surface area contributed by atoms with E-state index in [9.17, 15) is 14.4 Å². The first-order valence-corrected chi connectivity index (χ1v) is 5.20. The number of allylic oxidation sites excluding steroid dienone is 2. The second-order valence-electron chi connectivity index (χ2n) is 4.18. The lowest BCUT2D eigenvalue weighted by Crippen LogP contribution is -2.55. The van der Waals surface area contributed by atoms with Gasteiger partial charge >= 0.3 is 0 Å². The number of fused-ring (bicyclic) bond motifs is 2. The molecule has 2 fully saturated rings. The average Bonchev–Trinajstić information content (AvgIpc) is 2.55. The van der Waals surface area contributed by atoms with Crippen molar-refractivity contribution in [2.75, 3.05) is 0 Å². The van der Waals surface area contributed by atoms with Crippen LogP contribution < -0.4 is 10.6 Å². The lowest BCUT2D eigenvalue weighted by atomic mass is 9.81. The van der Waals surface area contributed by atoms with Crippen LogP contribution in [0.25, 0.3) is 0 Å². The van der Waals surface area contributed by atoms with Crippen LogP contribution in [-0.2, 0) is 14.4 Å². The van der Waals surface area contributed by atoms with Crippen molar-refractivity contribution < 1.29 is 14.4 Å². The number of imide groups is 1. The summed E-state index contributed by atoms with van der Waals surface area (Å²) < 4.78 is 0. The van der Waals surface area contributed by atoms with Crippen molar-refractivity contribution in [3.8, 4) is 0 Å². The Kier molecular flexibility index (Phi) is 1.85. The Labute approximate surface area is 91.6 Å². The molecular formula is C11H10N2O3. The monoisotopic (exact) mass is 218 g/mol. The van der Waals surface area contributed by atoms with Crippen molar-refractivity contribution in [3.05, 3.63) is 23.8 Å². The van der Waals surface area contributed by atoms with Crippen LogP contribution in [0, 0.1) is 5.92 Å². The topological polar surface area (TPSA) is 75.3 Å². The van der Waals surface area contributed by atoms with E-state index in [1.807, 2.05) is 6.08 Å². The summed E-state index contributed by atoms with van der Waals surface area (Å²) in [6.45, 7) is 0. The van der Waals surface area contributed by atoms with Gasteiger partial charge in [0.2, 0.25) is 11.8 Å². The summed E-state index contributed by atoms with van der Waals surface area (Å²) >= 11 is 0. The third-order valence-electron chi connectivity index (χ3n) is 3.25. The van der Waals surface area contributed by atoms with E-state index in [-0.39, 0.29) is 11.8 Å². The SMILES string of the molecule is O=C1NC(=O)C2C(=O)C3=CC=CCC3NC12. The number of nitrogens with one attached hydrogen (secondary N) is 2. The van der Waals surface area contributed by atoms with Crippen molar-refractivity contribution in [2.45, 2.75) is 18.5 Å². The van der Waals surface area contributed by atoms with Gasteiger partial charge in [-0.3, -0.25) is 25.0 Å². The van der Waals surface area contributed by atoms with Gasteiger partial charge in [0.15, 0.2) is 5.78 Å². The molecule has 0 aromatic carbocycles. The van der Waals surface area contributed by atoms with Crippen LogP contribution in [0.3, 0.4) is 0 Å². The lowest BCUT2D eigenvalue weighted by molar-refractivity contribution is -0.131. The van der Waals surface area contributed by atoms with Crippen LogP contribution in [-0.4, -0.2) is 29.7 Å². The fourth-order valence-corrected chi connectivity index (χ4v) is 2.46. The van der Waals surface area contributed by atoms with Crippen molar-refractivity contribution in [3.63, 3.8) is 0 Å². The van der Waals surface area contributed by atoms with Crippen LogP contribution in [0.1, 0.15) is 6.42 Å². The van der Waals surface area contributed by atoms with Crippen LogP contribution >= 0.6 is 0 Å². The molecule has 0 aromatic heterocycles. The number of rotatable bonds is 0. The van der Waals surface area contributed by atoms with E-state index in [1.54, 1.807) is 12.2 Å². The van der Waals surface area contributed by atoms with Gasteiger partial charge in [0.05, 0.1) is 0 Å². The Morgan fingerprint density at radius 2 is 2.00 bits per heavy atom. The molecule has 0 bridgehead atoms. The summed E-state index contributed by atoms with van der Waals surface area (Å²) in [5.74, 6) is -1.97. The molecule has 82 valence electrons. The van der Waals surface area contributed by atoms with Gasteiger partial charge in [0.25, 0.3) is 0 Å². The molecule has 2 amide bonds. The minimum atomic E-state index is -0.874. The molecule has 2 saturated heterocycles. The molecule has 0 saturated carbocycles. The molecule has 16 heavy (non-hydrogen) atoms. The standard InChI is InChI=1S/C11H10N2O3/c14-9-5-3-1-2-4-6(5)12-8-7(9)10(15)13-11(8)16/h1-3,6-8,12H,4H2,(H,13,15,16). The molecule has 0 radical (unpaired) electrons. The summed E-state index contributed by atoms with van der Waals surface area (Å²) in [7, 11) is 0. The number of hydrogen-bond acceptors (Lipinski definition) is 4.